The molecule has 2 fully saturated rings. The van der Waals surface area contributed by atoms with Crippen LogP contribution in [0.5, 0.6) is 0 Å². The third kappa shape index (κ3) is 4.92. The molecular weight excluding hydrogens is 318 g/mol. The Kier molecular flexibility index (Phi) is 5.86. The van der Waals surface area contributed by atoms with E-state index >= 15 is 0 Å². The second-order valence-corrected chi connectivity index (χ2v) is 6.86. The van der Waals surface area contributed by atoms with Crippen molar-refractivity contribution in [2.45, 2.75) is 26.2 Å². The number of hydrogen-bond acceptors (Lipinski definition) is 4. The number of aryl methyl sites for hydroxylation is 1. The zero-order valence-corrected chi connectivity index (χ0v) is 14.9. The van der Waals surface area contributed by atoms with Crippen LogP contribution in [-0.2, 0) is 4.79 Å². The molecule has 7 heteroatoms. The third-order valence-corrected chi connectivity index (χ3v) is 4.87. The normalized spacial score (nSPS) is 18.9. The molecule has 0 radical (unpaired) electrons. The van der Waals surface area contributed by atoms with E-state index in [2.05, 4.69) is 15.2 Å². The Labute approximate surface area is 149 Å². The van der Waals surface area contributed by atoms with Gasteiger partial charge < -0.3 is 9.80 Å². The minimum Gasteiger partial charge on any atom is -0.342 e. The number of likely N-dealkylation sites (tertiary alicyclic amines) is 1. The maximum atomic E-state index is 12.3. The molecular formula is C18H27N5O2. The molecule has 0 bridgehead atoms. The van der Waals surface area contributed by atoms with Crippen LogP contribution < -0.4 is 5.32 Å². The predicted molar refractivity (Wildman–Crippen MR) is 96.4 cm³/mol. The van der Waals surface area contributed by atoms with Crippen molar-refractivity contribution < 1.29 is 9.59 Å². The monoisotopic (exact) mass is 345 g/mol. The molecule has 0 unspecified atom stereocenters. The van der Waals surface area contributed by atoms with Crippen molar-refractivity contribution in [3.05, 3.63) is 23.9 Å². The van der Waals surface area contributed by atoms with Gasteiger partial charge in [-0.2, -0.15) is 0 Å². The molecule has 2 saturated heterocycles. The van der Waals surface area contributed by atoms with Gasteiger partial charge in [0, 0.05) is 45.5 Å². The van der Waals surface area contributed by atoms with Crippen LogP contribution in [0.3, 0.4) is 0 Å². The fraction of sp³-hybridized carbons (Fsp3) is 0.611. The molecule has 0 saturated carbocycles. The lowest BCUT2D eigenvalue weighted by Crippen LogP contribution is -2.52. The van der Waals surface area contributed by atoms with E-state index in [1.165, 1.54) is 6.42 Å². The SMILES string of the molecule is Cc1ccc(NC(=O)N2CCN(CC(=O)N3CCCCC3)CC2)nc1. The predicted octanol–water partition coefficient (Wildman–Crippen LogP) is 1.55. The topological polar surface area (TPSA) is 68.8 Å². The van der Waals surface area contributed by atoms with E-state index in [9.17, 15) is 9.59 Å². The summed E-state index contributed by atoms with van der Waals surface area (Å²) in [6.45, 7) is 6.94. The zero-order valence-electron chi connectivity index (χ0n) is 14.9. The summed E-state index contributed by atoms with van der Waals surface area (Å²) in [6.07, 6.45) is 5.20. The number of nitrogens with one attached hydrogen (secondary N) is 1. The fourth-order valence-electron chi connectivity index (χ4n) is 3.27. The summed E-state index contributed by atoms with van der Waals surface area (Å²) in [4.78, 5) is 34.7. The quantitative estimate of drug-likeness (QED) is 0.902. The van der Waals surface area contributed by atoms with E-state index < -0.39 is 0 Å². The maximum Gasteiger partial charge on any atom is 0.323 e. The maximum absolute atomic E-state index is 12.3. The Balaban J connectivity index is 1.42. The molecule has 0 aliphatic carbocycles. The van der Waals surface area contributed by atoms with Crippen LogP contribution in [0.2, 0.25) is 0 Å². The first-order chi connectivity index (χ1) is 12.1. The number of carbonyl (C=O) groups is 2. The van der Waals surface area contributed by atoms with E-state index in [0.717, 1.165) is 44.6 Å². The smallest absolute Gasteiger partial charge is 0.323 e. The number of rotatable bonds is 3. The van der Waals surface area contributed by atoms with Crippen molar-refractivity contribution in [1.29, 1.82) is 0 Å². The standard InChI is InChI=1S/C18H27N5O2/c1-15-5-6-16(19-13-15)20-18(25)23-11-9-21(10-12-23)14-17(24)22-7-3-2-4-8-22/h5-6,13H,2-4,7-12,14H2,1H3,(H,19,20,25). The summed E-state index contributed by atoms with van der Waals surface area (Å²) in [5.74, 6) is 0.791. The number of nitrogens with zero attached hydrogens (tertiary/aromatic N) is 4. The lowest BCUT2D eigenvalue weighted by atomic mass is 10.1. The van der Waals surface area contributed by atoms with Crippen LogP contribution >= 0.6 is 0 Å². The van der Waals surface area contributed by atoms with E-state index in [-0.39, 0.29) is 11.9 Å². The van der Waals surface area contributed by atoms with Gasteiger partial charge >= 0.3 is 6.03 Å². The number of piperidine rings is 1. The molecule has 2 aliphatic heterocycles. The van der Waals surface area contributed by atoms with Crippen LogP contribution in [0.15, 0.2) is 18.3 Å². The van der Waals surface area contributed by atoms with Crippen LogP contribution in [0.1, 0.15) is 24.8 Å². The molecule has 3 rings (SSSR count). The molecule has 136 valence electrons. The van der Waals surface area contributed by atoms with Crippen molar-refractivity contribution in [3.63, 3.8) is 0 Å². The van der Waals surface area contributed by atoms with E-state index in [0.29, 0.717) is 25.5 Å². The average Bonchev–Trinajstić information content (AvgIpc) is 2.65. The number of carbonyl (C=O) groups excluding carboxylic acids is 2. The number of amides is 3. The summed E-state index contributed by atoms with van der Waals surface area (Å²) >= 11 is 0. The Morgan fingerprint density at radius 2 is 1.72 bits per heavy atom. The highest BCUT2D eigenvalue weighted by molar-refractivity contribution is 5.88. The molecule has 25 heavy (non-hydrogen) atoms. The average molecular weight is 345 g/mol. The Morgan fingerprint density at radius 1 is 1.00 bits per heavy atom. The molecule has 0 aromatic carbocycles. The van der Waals surface area contributed by atoms with Crippen molar-refractivity contribution in [3.8, 4) is 0 Å². The largest absolute Gasteiger partial charge is 0.342 e. The number of piperazine rings is 1. The Bertz CT molecular complexity index is 590. The van der Waals surface area contributed by atoms with Crippen molar-refractivity contribution in [2.75, 3.05) is 51.1 Å². The molecule has 1 N–H and O–H groups in total. The molecule has 1 aromatic rings. The number of hydrogen-bond donors (Lipinski definition) is 1. The summed E-state index contributed by atoms with van der Waals surface area (Å²) < 4.78 is 0. The Morgan fingerprint density at radius 3 is 2.36 bits per heavy atom. The molecule has 2 aliphatic rings. The van der Waals surface area contributed by atoms with Gasteiger partial charge in [0.25, 0.3) is 0 Å². The summed E-state index contributed by atoms with van der Waals surface area (Å²) in [5, 5.41) is 2.83. The van der Waals surface area contributed by atoms with Crippen LogP contribution in [-0.4, -0.2) is 77.4 Å². The van der Waals surface area contributed by atoms with Gasteiger partial charge in [-0.15, -0.1) is 0 Å². The lowest BCUT2D eigenvalue weighted by molar-refractivity contribution is -0.133. The van der Waals surface area contributed by atoms with Gasteiger partial charge in [-0.25, -0.2) is 9.78 Å². The number of aromatic nitrogens is 1. The van der Waals surface area contributed by atoms with E-state index in [1.54, 1.807) is 17.2 Å². The minimum atomic E-state index is -0.127. The highest BCUT2D eigenvalue weighted by Gasteiger charge is 2.24. The third-order valence-electron chi connectivity index (χ3n) is 4.87. The van der Waals surface area contributed by atoms with Gasteiger partial charge in [-0.3, -0.25) is 15.0 Å². The summed E-state index contributed by atoms with van der Waals surface area (Å²) in [6, 6.07) is 3.60. The molecule has 7 nitrogen and oxygen atoms in total. The van der Waals surface area contributed by atoms with Crippen molar-refractivity contribution >= 4 is 17.8 Å². The molecule has 0 spiro atoms. The van der Waals surface area contributed by atoms with Crippen LogP contribution in [0.4, 0.5) is 10.6 Å². The highest BCUT2D eigenvalue weighted by atomic mass is 16.2. The fourth-order valence-corrected chi connectivity index (χ4v) is 3.27. The van der Waals surface area contributed by atoms with Gasteiger partial charge in [-0.1, -0.05) is 6.07 Å². The van der Waals surface area contributed by atoms with Crippen LogP contribution in [0.25, 0.3) is 0 Å². The zero-order chi connectivity index (χ0) is 17.6. The lowest BCUT2D eigenvalue weighted by Gasteiger charge is -2.35. The summed E-state index contributed by atoms with van der Waals surface area (Å²) in [7, 11) is 0. The van der Waals surface area contributed by atoms with Gasteiger partial charge in [0.05, 0.1) is 6.54 Å². The van der Waals surface area contributed by atoms with Crippen molar-refractivity contribution in [1.82, 2.24) is 19.7 Å². The number of urea groups is 1. The Hall–Kier alpha value is -2.15. The highest BCUT2D eigenvalue weighted by Crippen LogP contribution is 2.11. The van der Waals surface area contributed by atoms with Crippen molar-refractivity contribution in [2.24, 2.45) is 0 Å². The van der Waals surface area contributed by atoms with E-state index in [1.807, 2.05) is 17.9 Å². The minimum absolute atomic E-state index is 0.127. The molecule has 0 atom stereocenters. The van der Waals surface area contributed by atoms with Gasteiger partial charge in [0.1, 0.15) is 5.82 Å². The molecule has 3 amide bonds. The van der Waals surface area contributed by atoms with Gasteiger partial charge in [-0.05, 0) is 37.8 Å². The number of pyridine rings is 1. The molecule has 3 heterocycles. The number of anilines is 1. The van der Waals surface area contributed by atoms with Gasteiger partial charge in [0.2, 0.25) is 5.91 Å². The molecule has 1 aromatic heterocycles. The first kappa shape index (κ1) is 17.7. The first-order valence-electron chi connectivity index (χ1n) is 9.10. The van der Waals surface area contributed by atoms with Crippen LogP contribution in [0, 0.1) is 6.92 Å². The second-order valence-electron chi connectivity index (χ2n) is 6.86. The summed E-state index contributed by atoms with van der Waals surface area (Å²) in [5.41, 5.74) is 1.06. The van der Waals surface area contributed by atoms with Gasteiger partial charge in [0.15, 0.2) is 0 Å². The first-order valence-corrected chi connectivity index (χ1v) is 9.10. The second kappa shape index (κ2) is 8.29. The van der Waals surface area contributed by atoms with E-state index in [4.69, 9.17) is 0 Å².